The van der Waals surface area contributed by atoms with Crippen molar-refractivity contribution in [1.29, 1.82) is 0 Å². The van der Waals surface area contributed by atoms with Gasteiger partial charge in [0.25, 0.3) is 5.91 Å². The van der Waals surface area contributed by atoms with Gasteiger partial charge in [-0.15, -0.1) is 0 Å². The number of carbonyl (C=O) groups excluding carboxylic acids is 2. The summed E-state index contributed by atoms with van der Waals surface area (Å²) in [5.41, 5.74) is 2.02. The molecule has 0 unspecified atom stereocenters. The molecule has 2 amide bonds. The fraction of sp³-hybridized carbons (Fsp3) is 0.235. The third-order valence-electron chi connectivity index (χ3n) is 3.71. The number of hydrogen-bond donors (Lipinski definition) is 1. The second-order valence-corrected chi connectivity index (χ2v) is 5.28. The van der Waals surface area contributed by atoms with E-state index in [1.165, 1.54) is 4.90 Å². The second-order valence-electron chi connectivity index (χ2n) is 5.28. The summed E-state index contributed by atoms with van der Waals surface area (Å²) in [7, 11) is 1.69. The summed E-state index contributed by atoms with van der Waals surface area (Å²) in [6.07, 6.45) is 3.72. The van der Waals surface area contributed by atoms with Gasteiger partial charge in [0, 0.05) is 31.5 Å². The summed E-state index contributed by atoms with van der Waals surface area (Å²) < 4.78 is 5.55. The van der Waals surface area contributed by atoms with E-state index < -0.39 is 0 Å². The van der Waals surface area contributed by atoms with E-state index in [2.05, 4.69) is 10.3 Å². The fourth-order valence-electron chi connectivity index (χ4n) is 2.38. The first-order valence-electron chi connectivity index (χ1n) is 7.35. The fourth-order valence-corrected chi connectivity index (χ4v) is 2.38. The predicted molar refractivity (Wildman–Crippen MR) is 85.4 cm³/mol. The summed E-state index contributed by atoms with van der Waals surface area (Å²) in [6, 6.07) is 8.81. The molecule has 0 bridgehead atoms. The highest BCUT2D eigenvalue weighted by molar-refractivity contribution is 5.99. The number of nitrogens with one attached hydrogen (secondary N) is 1. The number of aromatic nitrogens is 1. The second kappa shape index (κ2) is 6.48. The van der Waals surface area contributed by atoms with Crippen LogP contribution in [-0.4, -0.2) is 30.5 Å². The summed E-state index contributed by atoms with van der Waals surface area (Å²) in [5.74, 6) is 0.376. The predicted octanol–water partition coefficient (Wildman–Crippen LogP) is 1.76. The van der Waals surface area contributed by atoms with Crippen molar-refractivity contribution < 1.29 is 14.3 Å². The van der Waals surface area contributed by atoms with Crippen molar-refractivity contribution in [2.75, 3.05) is 18.6 Å². The number of ether oxygens (including phenoxy) is 1. The molecule has 0 spiro atoms. The van der Waals surface area contributed by atoms with E-state index >= 15 is 0 Å². The van der Waals surface area contributed by atoms with E-state index in [1.54, 1.807) is 37.6 Å². The molecule has 0 radical (unpaired) electrons. The Hall–Kier alpha value is -2.89. The van der Waals surface area contributed by atoms with Gasteiger partial charge in [-0.1, -0.05) is 6.07 Å². The van der Waals surface area contributed by atoms with Crippen LogP contribution < -0.4 is 15.0 Å². The van der Waals surface area contributed by atoms with Crippen LogP contribution in [0.5, 0.6) is 5.75 Å². The molecule has 6 heteroatoms. The molecule has 1 aromatic heterocycles. The van der Waals surface area contributed by atoms with Gasteiger partial charge in [-0.25, -0.2) is 0 Å². The van der Waals surface area contributed by atoms with Crippen LogP contribution >= 0.6 is 0 Å². The van der Waals surface area contributed by atoms with Crippen LogP contribution in [0.3, 0.4) is 0 Å². The van der Waals surface area contributed by atoms with Gasteiger partial charge in [-0.2, -0.15) is 0 Å². The van der Waals surface area contributed by atoms with Crippen LogP contribution in [0.1, 0.15) is 22.3 Å². The van der Waals surface area contributed by atoms with Crippen LogP contribution in [0, 0.1) is 0 Å². The van der Waals surface area contributed by atoms with Crippen molar-refractivity contribution in [3.05, 3.63) is 53.9 Å². The molecule has 1 aliphatic rings. The van der Waals surface area contributed by atoms with Crippen LogP contribution in [0.4, 0.5) is 5.69 Å². The van der Waals surface area contributed by atoms with Crippen LogP contribution in [0.25, 0.3) is 0 Å². The highest BCUT2D eigenvalue weighted by atomic mass is 16.5. The number of fused-ring (bicyclic) bond motifs is 1. The molecule has 118 valence electrons. The number of benzene rings is 1. The number of pyridine rings is 1. The maximum atomic E-state index is 12.3. The van der Waals surface area contributed by atoms with E-state index in [0.717, 1.165) is 5.56 Å². The molecule has 0 saturated carbocycles. The molecule has 2 aromatic rings. The van der Waals surface area contributed by atoms with Crippen LogP contribution in [0.2, 0.25) is 0 Å². The summed E-state index contributed by atoms with van der Waals surface area (Å²) in [4.78, 5) is 29.7. The average Bonchev–Trinajstić information content (AvgIpc) is 2.73. The molecule has 2 heterocycles. The minimum atomic E-state index is -0.207. The SMILES string of the molecule is CN1C(=O)CCOc2ccc(C(=O)NCc3cccnc3)cc21. The first-order chi connectivity index (χ1) is 11.1. The Morgan fingerprint density at radius 2 is 2.26 bits per heavy atom. The molecule has 0 atom stereocenters. The average molecular weight is 311 g/mol. The van der Waals surface area contributed by atoms with Crippen LogP contribution in [-0.2, 0) is 11.3 Å². The zero-order valence-corrected chi connectivity index (χ0v) is 12.8. The Bertz CT molecular complexity index is 731. The van der Waals surface area contributed by atoms with Gasteiger partial charge in [0.1, 0.15) is 5.75 Å². The molecular formula is C17H17N3O3. The first-order valence-corrected chi connectivity index (χ1v) is 7.35. The van der Waals surface area contributed by atoms with E-state index in [9.17, 15) is 9.59 Å². The maximum Gasteiger partial charge on any atom is 0.251 e. The summed E-state index contributed by atoms with van der Waals surface area (Å²) in [5, 5.41) is 2.84. The lowest BCUT2D eigenvalue weighted by molar-refractivity contribution is -0.118. The van der Waals surface area contributed by atoms with E-state index in [0.29, 0.717) is 36.6 Å². The van der Waals surface area contributed by atoms with Crippen molar-refractivity contribution in [2.45, 2.75) is 13.0 Å². The normalized spacial score (nSPS) is 13.8. The molecule has 6 nitrogen and oxygen atoms in total. The van der Waals surface area contributed by atoms with Crippen molar-refractivity contribution in [2.24, 2.45) is 0 Å². The van der Waals surface area contributed by atoms with Crippen molar-refractivity contribution in [3.8, 4) is 5.75 Å². The molecule has 3 rings (SSSR count). The number of carbonyl (C=O) groups is 2. The lowest BCUT2D eigenvalue weighted by atomic mass is 10.1. The minimum absolute atomic E-state index is 0.0309. The van der Waals surface area contributed by atoms with Gasteiger partial charge < -0.3 is 15.0 Å². The molecule has 0 aliphatic carbocycles. The molecule has 1 aromatic carbocycles. The van der Waals surface area contributed by atoms with Crippen molar-refractivity contribution in [1.82, 2.24) is 10.3 Å². The van der Waals surface area contributed by atoms with Gasteiger partial charge in [0.05, 0.1) is 18.7 Å². The zero-order chi connectivity index (χ0) is 16.2. The van der Waals surface area contributed by atoms with Gasteiger partial charge >= 0.3 is 0 Å². The summed E-state index contributed by atoms with van der Waals surface area (Å²) in [6.45, 7) is 0.748. The first kappa shape index (κ1) is 15.0. The standard InChI is InChI=1S/C17H17N3O3/c1-20-14-9-13(4-5-15(14)23-8-6-16(20)21)17(22)19-11-12-3-2-7-18-10-12/h2-5,7,9-10H,6,8,11H2,1H3,(H,19,22). The lowest BCUT2D eigenvalue weighted by Gasteiger charge is -2.17. The number of rotatable bonds is 3. The van der Waals surface area contributed by atoms with E-state index in [-0.39, 0.29) is 11.8 Å². The van der Waals surface area contributed by atoms with E-state index in [1.807, 2.05) is 12.1 Å². The highest BCUT2D eigenvalue weighted by Gasteiger charge is 2.21. The van der Waals surface area contributed by atoms with E-state index in [4.69, 9.17) is 4.74 Å². The van der Waals surface area contributed by atoms with Gasteiger partial charge in [0.2, 0.25) is 5.91 Å². The molecular weight excluding hydrogens is 294 g/mol. The largest absolute Gasteiger partial charge is 0.491 e. The quantitative estimate of drug-likeness (QED) is 0.937. The smallest absolute Gasteiger partial charge is 0.251 e. The highest BCUT2D eigenvalue weighted by Crippen LogP contribution is 2.31. The monoisotopic (exact) mass is 311 g/mol. The lowest BCUT2D eigenvalue weighted by Crippen LogP contribution is -2.26. The summed E-state index contributed by atoms with van der Waals surface area (Å²) >= 11 is 0. The molecule has 23 heavy (non-hydrogen) atoms. The Balaban J connectivity index is 1.77. The molecule has 0 fully saturated rings. The Labute approximate surface area is 134 Å². The Kier molecular flexibility index (Phi) is 4.23. The number of amides is 2. The van der Waals surface area contributed by atoms with Gasteiger partial charge in [-0.3, -0.25) is 14.6 Å². The maximum absolute atomic E-state index is 12.3. The minimum Gasteiger partial charge on any atom is -0.491 e. The molecule has 1 N–H and O–H groups in total. The Morgan fingerprint density at radius 1 is 1.39 bits per heavy atom. The zero-order valence-electron chi connectivity index (χ0n) is 12.8. The van der Waals surface area contributed by atoms with Gasteiger partial charge in [-0.05, 0) is 29.8 Å². The van der Waals surface area contributed by atoms with Crippen molar-refractivity contribution in [3.63, 3.8) is 0 Å². The number of anilines is 1. The van der Waals surface area contributed by atoms with Crippen molar-refractivity contribution >= 4 is 17.5 Å². The Morgan fingerprint density at radius 3 is 3.04 bits per heavy atom. The third kappa shape index (κ3) is 3.31. The topological polar surface area (TPSA) is 71.5 Å². The number of hydrogen-bond acceptors (Lipinski definition) is 4. The number of nitrogens with zero attached hydrogens (tertiary/aromatic N) is 2. The van der Waals surface area contributed by atoms with Gasteiger partial charge in [0.15, 0.2) is 0 Å². The molecule has 1 aliphatic heterocycles. The third-order valence-corrected chi connectivity index (χ3v) is 3.71. The van der Waals surface area contributed by atoms with Crippen LogP contribution in [0.15, 0.2) is 42.7 Å². The molecule has 0 saturated heterocycles.